The molecule has 0 aliphatic carbocycles. The first kappa shape index (κ1) is 23.3. The van der Waals surface area contributed by atoms with E-state index in [0.29, 0.717) is 19.8 Å². The monoisotopic (exact) mass is 473 g/mol. The minimum atomic E-state index is -0.339. The standard InChI is InChI=1S/C28H31N3O4/c1-2-34-26(32)18-24(22-9-8-19-13-16-35-25(19)17-22)31-15-12-21(28(31)33)5-3-7-23-11-10-20-6-4-14-29-27(20)30-23/h4,6,8-11,14,17,21,24H,2-3,5,7,12-13,15-16,18H2,1H3. The van der Waals surface area contributed by atoms with Crippen LogP contribution in [0.2, 0.25) is 0 Å². The van der Waals surface area contributed by atoms with Gasteiger partial charge in [-0.15, -0.1) is 0 Å². The summed E-state index contributed by atoms with van der Waals surface area (Å²) >= 11 is 0. The van der Waals surface area contributed by atoms with Gasteiger partial charge in [0.05, 0.1) is 25.7 Å². The van der Waals surface area contributed by atoms with Gasteiger partial charge in [0.1, 0.15) is 5.75 Å². The molecule has 1 aromatic carbocycles. The number of aromatic nitrogens is 2. The van der Waals surface area contributed by atoms with Crippen molar-refractivity contribution in [1.82, 2.24) is 14.9 Å². The van der Waals surface area contributed by atoms with Crippen LogP contribution in [-0.4, -0.2) is 46.5 Å². The van der Waals surface area contributed by atoms with E-state index in [0.717, 1.165) is 60.1 Å². The second-order valence-corrected chi connectivity index (χ2v) is 9.25. The number of benzene rings is 1. The van der Waals surface area contributed by atoms with Crippen molar-refractivity contribution >= 4 is 22.9 Å². The molecule has 1 amide bonds. The molecule has 5 rings (SSSR count). The molecule has 2 atom stereocenters. The van der Waals surface area contributed by atoms with Crippen LogP contribution >= 0.6 is 0 Å². The molecular formula is C28H31N3O4. The van der Waals surface area contributed by atoms with Gasteiger partial charge in [-0.3, -0.25) is 9.59 Å². The number of hydrogen-bond acceptors (Lipinski definition) is 6. The molecule has 0 N–H and O–H groups in total. The Morgan fingerprint density at radius 2 is 2.17 bits per heavy atom. The van der Waals surface area contributed by atoms with Gasteiger partial charge in [0.25, 0.3) is 0 Å². The van der Waals surface area contributed by atoms with E-state index in [-0.39, 0.29) is 30.3 Å². The third kappa shape index (κ3) is 5.14. The van der Waals surface area contributed by atoms with Gasteiger partial charge in [0.15, 0.2) is 5.65 Å². The predicted octanol–water partition coefficient (Wildman–Crippen LogP) is 4.43. The SMILES string of the molecule is CCOC(=O)CC(c1ccc2c(c1)OCC2)N1CCC(CCCc2ccc3cccnc3n2)C1=O. The summed E-state index contributed by atoms with van der Waals surface area (Å²) in [6, 6.07) is 13.7. The van der Waals surface area contributed by atoms with Crippen LogP contribution in [0.15, 0.2) is 48.7 Å². The highest BCUT2D eigenvalue weighted by atomic mass is 16.5. The second-order valence-electron chi connectivity index (χ2n) is 9.25. The maximum atomic E-state index is 13.4. The predicted molar refractivity (Wildman–Crippen MR) is 132 cm³/mol. The smallest absolute Gasteiger partial charge is 0.308 e. The minimum Gasteiger partial charge on any atom is -0.493 e. The van der Waals surface area contributed by atoms with Crippen LogP contribution in [-0.2, 0) is 27.2 Å². The lowest BCUT2D eigenvalue weighted by atomic mass is 9.98. The summed E-state index contributed by atoms with van der Waals surface area (Å²) in [5, 5.41) is 1.03. The number of aryl methyl sites for hydroxylation is 1. The summed E-state index contributed by atoms with van der Waals surface area (Å²) in [5.74, 6) is 0.654. The number of carbonyl (C=O) groups is 2. The number of amides is 1. The summed E-state index contributed by atoms with van der Waals surface area (Å²) < 4.78 is 11.0. The third-order valence-electron chi connectivity index (χ3n) is 7.00. The number of esters is 1. The van der Waals surface area contributed by atoms with Crippen LogP contribution in [0.1, 0.15) is 55.5 Å². The highest BCUT2D eigenvalue weighted by molar-refractivity contribution is 5.82. The third-order valence-corrected chi connectivity index (χ3v) is 7.00. The van der Waals surface area contributed by atoms with Gasteiger partial charge in [-0.2, -0.15) is 0 Å². The summed E-state index contributed by atoms with van der Waals surface area (Å²) in [7, 11) is 0. The fraction of sp³-hybridized carbons (Fsp3) is 0.429. The van der Waals surface area contributed by atoms with Crippen molar-refractivity contribution < 1.29 is 19.1 Å². The van der Waals surface area contributed by atoms with E-state index in [4.69, 9.17) is 9.47 Å². The maximum Gasteiger partial charge on any atom is 0.308 e. The van der Waals surface area contributed by atoms with Crippen molar-refractivity contribution in [2.75, 3.05) is 19.8 Å². The van der Waals surface area contributed by atoms with Crippen LogP contribution in [0.25, 0.3) is 11.0 Å². The Morgan fingerprint density at radius 1 is 1.26 bits per heavy atom. The highest BCUT2D eigenvalue weighted by Crippen LogP contribution is 2.36. The molecule has 2 unspecified atom stereocenters. The number of likely N-dealkylation sites (tertiary alicyclic amines) is 1. The van der Waals surface area contributed by atoms with Gasteiger partial charge in [-0.25, -0.2) is 9.97 Å². The van der Waals surface area contributed by atoms with Crippen molar-refractivity contribution in [2.24, 2.45) is 5.92 Å². The van der Waals surface area contributed by atoms with Crippen molar-refractivity contribution in [2.45, 2.75) is 51.5 Å². The molecule has 0 bridgehead atoms. The Balaban J connectivity index is 1.25. The van der Waals surface area contributed by atoms with Gasteiger partial charge in [-0.1, -0.05) is 12.1 Å². The topological polar surface area (TPSA) is 81.6 Å². The molecule has 4 heterocycles. The van der Waals surface area contributed by atoms with Crippen LogP contribution in [0.3, 0.4) is 0 Å². The van der Waals surface area contributed by atoms with Crippen LogP contribution in [0, 0.1) is 5.92 Å². The molecule has 35 heavy (non-hydrogen) atoms. The van der Waals surface area contributed by atoms with Crippen molar-refractivity contribution in [1.29, 1.82) is 0 Å². The second kappa shape index (κ2) is 10.4. The Labute approximate surface area is 205 Å². The van der Waals surface area contributed by atoms with E-state index in [1.807, 2.05) is 41.3 Å². The zero-order chi connectivity index (χ0) is 24.2. The molecule has 1 fully saturated rings. The molecule has 1 saturated heterocycles. The number of nitrogens with zero attached hydrogens (tertiary/aromatic N) is 3. The van der Waals surface area contributed by atoms with Crippen molar-refractivity contribution in [3.63, 3.8) is 0 Å². The highest BCUT2D eigenvalue weighted by Gasteiger charge is 2.37. The van der Waals surface area contributed by atoms with E-state index in [1.54, 1.807) is 13.1 Å². The van der Waals surface area contributed by atoms with E-state index in [1.165, 1.54) is 5.56 Å². The maximum absolute atomic E-state index is 13.4. The average Bonchev–Trinajstić information content (AvgIpc) is 3.49. The van der Waals surface area contributed by atoms with Gasteiger partial charge < -0.3 is 14.4 Å². The van der Waals surface area contributed by atoms with Crippen LogP contribution in [0.5, 0.6) is 5.75 Å². The number of pyridine rings is 2. The van der Waals surface area contributed by atoms with Crippen LogP contribution in [0.4, 0.5) is 0 Å². The van der Waals surface area contributed by atoms with Gasteiger partial charge in [0.2, 0.25) is 5.91 Å². The first-order valence-corrected chi connectivity index (χ1v) is 12.5. The molecular weight excluding hydrogens is 442 g/mol. The Bertz CT molecular complexity index is 1230. The van der Waals surface area contributed by atoms with Gasteiger partial charge in [0, 0.05) is 36.2 Å². The van der Waals surface area contributed by atoms with Crippen molar-refractivity contribution in [3.8, 4) is 5.75 Å². The molecule has 0 saturated carbocycles. The Kier molecular flexibility index (Phi) is 6.93. The van der Waals surface area contributed by atoms with E-state index >= 15 is 0 Å². The zero-order valence-electron chi connectivity index (χ0n) is 20.1. The zero-order valence-corrected chi connectivity index (χ0v) is 20.1. The molecule has 7 heteroatoms. The number of carbonyl (C=O) groups excluding carboxylic acids is 2. The van der Waals surface area contributed by atoms with E-state index < -0.39 is 0 Å². The number of ether oxygens (including phenoxy) is 2. The molecule has 0 spiro atoms. The average molecular weight is 474 g/mol. The fourth-order valence-electron chi connectivity index (χ4n) is 5.18. The lowest BCUT2D eigenvalue weighted by Crippen LogP contribution is -2.33. The van der Waals surface area contributed by atoms with E-state index in [9.17, 15) is 9.59 Å². The Hall–Kier alpha value is -3.48. The summed E-state index contributed by atoms with van der Waals surface area (Å²) in [5.41, 5.74) is 3.86. The lowest BCUT2D eigenvalue weighted by Gasteiger charge is -2.28. The van der Waals surface area contributed by atoms with Crippen molar-refractivity contribution in [3.05, 3.63) is 65.5 Å². The molecule has 2 aliphatic rings. The summed E-state index contributed by atoms with van der Waals surface area (Å²) in [6.07, 6.45) is 6.09. The Morgan fingerprint density at radius 3 is 3.06 bits per heavy atom. The molecule has 3 aromatic rings. The molecule has 0 radical (unpaired) electrons. The summed E-state index contributed by atoms with van der Waals surface area (Å²) in [4.78, 5) is 36.7. The van der Waals surface area contributed by atoms with Gasteiger partial charge in [-0.05, 0) is 74.1 Å². The number of rotatable bonds is 9. The summed E-state index contributed by atoms with van der Waals surface area (Å²) in [6.45, 7) is 3.44. The molecule has 182 valence electrons. The van der Waals surface area contributed by atoms with Gasteiger partial charge >= 0.3 is 5.97 Å². The first-order chi connectivity index (χ1) is 17.1. The minimum absolute atomic E-state index is 0.0380. The first-order valence-electron chi connectivity index (χ1n) is 12.5. The van der Waals surface area contributed by atoms with Crippen LogP contribution < -0.4 is 4.74 Å². The molecule has 2 aromatic heterocycles. The fourth-order valence-corrected chi connectivity index (χ4v) is 5.18. The largest absolute Gasteiger partial charge is 0.493 e. The number of hydrogen-bond donors (Lipinski definition) is 0. The molecule has 2 aliphatic heterocycles. The number of fused-ring (bicyclic) bond motifs is 2. The normalized spacial score (nSPS) is 17.9. The lowest BCUT2D eigenvalue weighted by molar-refractivity contribution is -0.145. The van der Waals surface area contributed by atoms with E-state index in [2.05, 4.69) is 16.0 Å². The quantitative estimate of drug-likeness (QED) is 0.428. The molecule has 7 nitrogen and oxygen atoms in total.